The van der Waals surface area contributed by atoms with Gasteiger partial charge >= 0.3 is 0 Å². The summed E-state index contributed by atoms with van der Waals surface area (Å²) in [7, 11) is 0. The van der Waals surface area contributed by atoms with Crippen molar-refractivity contribution in [2.24, 2.45) is 5.92 Å². The molecule has 1 saturated heterocycles. The fourth-order valence-electron chi connectivity index (χ4n) is 1.30. The Morgan fingerprint density at radius 3 is 2.50 bits per heavy atom. The van der Waals surface area contributed by atoms with E-state index in [0.717, 1.165) is 13.0 Å². The molecule has 1 heterocycles. The van der Waals surface area contributed by atoms with Crippen molar-refractivity contribution in [2.45, 2.75) is 39.5 Å². The number of hydrogen-bond donors (Lipinski definition) is 1. The van der Waals surface area contributed by atoms with Crippen LogP contribution in [-0.2, 0) is 0 Å². The molecule has 0 radical (unpaired) electrons. The van der Waals surface area contributed by atoms with E-state index in [1.165, 1.54) is 0 Å². The lowest BCUT2D eigenvalue weighted by Crippen LogP contribution is -2.30. The monoisotopic (exact) mass is 179 g/mol. The van der Waals surface area contributed by atoms with Gasteiger partial charge in [0.05, 0.1) is 6.54 Å². The Morgan fingerprint density at radius 1 is 1.33 bits per heavy atom. The Hall–Kier alpha value is -0.180. The second kappa shape index (κ2) is 5.46. The van der Waals surface area contributed by atoms with Gasteiger partial charge in [-0.1, -0.05) is 20.8 Å². The Kier molecular flexibility index (Phi) is 5.38. The summed E-state index contributed by atoms with van der Waals surface area (Å²) in [6.07, 6.45) is 0.912. The largest absolute Gasteiger partial charge is 0.311 e. The molecule has 0 saturated carbocycles. The summed E-state index contributed by atoms with van der Waals surface area (Å²) in [6, 6.07) is 0. The van der Waals surface area contributed by atoms with Gasteiger partial charge in [0, 0.05) is 6.42 Å². The Bertz CT molecular complexity index is 115. The molecule has 0 aromatic heterocycles. The van der Waals surface area contributed by atoms with Crippen molar-refractivity contribution in [1.82, 2.24) is 5.32 Å². The number of alkyl halides is 2. The fraction of sp³-hybridized carbons (Fsp3) is 1.00. The minimum absolute atomic E-state index is 0.0417. The van der Waals surface area contributed by atoms with Crippen LogP contribution in [0.2, 0.25) is 0 Å². The van der Waals surface area contributed by atoms with Crippen molar-refractivity contribution in [1.29, 1.82) is 0 Å². The molecule has 12 heavy (non-hydrogen) atoms. The summed E-state index contributed by atoms with van der Waals surface area (Å²) in [5.74, 6) is -2.32. The second-order valence-corrected chi connectivity index (χ2v) is 3.13. The quantitative estimate of drug-likeness (QED) is 0.603. The Morgan fingerprint density at radius 2 is 1.92 bits per heavy atom. The fourth-order valence-corrected chi connectivity index (χ4v) is 1.30. The van der Waals surface area contributed by atoms with Crippen molar-refractivity contribution in [2.75, 3.05) is 13.1 Å². The molecule has 0 amide bonds. The van der Waals surface area contributed by atoms with E-state index in [1.807, 2.05) is 20.8 Å². The lowest BCUT2D eigenvalue weighted by molar-refractivity contribution is -0.0114. The van der Waals surface area contributed by atoms with E-state index in [9.17, 15) is 8.78 Å². The highest BCUT2D eigenvalue weighted by atomic mass is 19.3. The first-order valence-electron chi connectivity index (χ1n) is 4.69. The third-order valence-corrected chi connectivity index (χ3v) is 1.84. The van der Waals surface area contributed by atoms with E-state index in [-0.39, 0.29) is 18.9 Å². The van der Waals surface area contributed by atoms with Crippen LogP contribution in [0.1, 0.15) is 33.6 Å². The molecule has 1 aliphatic rings. The molecule has 1 nitrogen and oxygen atoms in total. The number of rotatable bonds is 0. The molecule has 1 N–H and O–H groups in total. The van der Waals surface area contributed by atoms with Gasteiger partial charge < -0.3 is 5.32 Å². The van der Waals surface area contributed by atoms with Gasteiger partial charge in [-0.25, -0.2) is 8.78 Å². The molecule has 3 heteroatoms. The maximum absolute atomic E-state index is 12.7. The lowest BCUT2D eigenvalue weighted by atomic mass is 10.0. The second-order valence-electron chi connectivity index (χ2n) is 3.13. The summed E-state index contributed by atoms with van der Waals surface area (Å²) in [5.41, 5.74) is 0. The topological polar surface area (TPSA) is 12.0 Å². The standard InChI is InChI=1S/C7H13F2N.C2H6/c1-6-2-3-10-5-7(8,9)4-6;1-2/h6,10H,2-5H2,1H3;1-2H3. The average molecular weight is 179 g/mol. The van der Waals surface area contributed by atoms with Gasteiger partial charge in [0.25, 0.3) is 5.92 Å². The van der Waals surface area contributed by atoms with Crippen molar-refractivity contribution < 1.29 is 8.78 Å². The predicted octanol–water partition coefficient (Wildman–Crippen LogP) is 2.67. The molecular weight excluding hydrogens is 160 g/mol. The van der Waals surface area contributed by atoms with E-state index < -0.39 is 5.92 Å². The van der Waals surface area contributed by atoms with Crippen LogP contribution in [0.25, 0.3) is 0 Å². The van der Waals surface area contributed by atoms with Crippen LogP contribution < -0.4 is 5.32 Å². The smallest absolute Gasteiger partial charge is 0.260 e. The number of hydrogen-bond acceptors (Lipinski definition) is 1. The number of nitrogens with one attached hydrogen (secondary N) is 1. The van der Waals surface area contributed by atoms with Gasteiger partial charge in [-0.2, -0.15) is 0 Å². The molecule has 1 unspecified atom stereocenters. The van der Waals surface area contributed by atoms with Crippen LogP contribution >= 0.6 is 0 Å². The summed E-state index contributed by atoms with van der Waals surface area (Å²) >= 11 is 0. The maximum Gasteiger partial charge on any atom is 0.260 e. The lowest BCUT2D eigenvalue weighted by Gasteiger charge is -2.14. The van der Waals surface area contributed by atoms with Crippen LogP contribution in [0.15, 0.2) is 0 Å². The predicted molar refractivity (Wildman–Crippen MR) is 47.6 cm³/mol. The molecule has 1 rings (SSSR count). The third kappa shape index (κ3) is 4.65. The first-order valence-corrected chi connectivity index (χ1v) is 4.69. The van der Waals surface area contributed by atoms with Crippen molar-refractivity contribution >= 4 is 0 Å². The molecule has 1 aliphatic heterocycles. The van der Waals surface area contributed by atoms with Gasteiger partial charge in [0.15, 0.2) is 0 Å². The SMILES string of the molecule is CC.CC1CCNCC(F)(F)C1. The summed E-state index contributed by atoms with van der Waals surface area (Å²) in [6.45, 7) is 6.47. The average Bonchev–Trinajstić information content (AvgIpc) is 2.14. The molecule has 0 aliphatic carbocycles. The van der Waals surface area contributed by atoms with Crippen LogP contribution in [-0.4, -0.2) is 19.0 Å². The summed E-state index contributed by atoms with van der Waals surface area (Å²) in [5, 5.41) is 2.72. The van der Waals surface area contributed by atoms with Gasteiger partial charge in [-0.05, 0) is 18.9 Å². The molecular formula is C9H19F2N. The van der Waals surface area contributed by atoms with E-state index in [0.29, 0.717) is 0 Å². The van der Waals surface area contributed by atoms with Gasteiger partial charge in [0.2, 0.25) is 0 Å². The molecule has 1 atom stereocenters. The summed E-state index contributed by atoms with van der Waals surface area (Å²) < 4.78 is 25.3. The van der Waals surface area contributed by atoms with Crippen LogP contribution in [0, 0.1) is 5.92 Å². The third-order valence-electron chi connectivity index (χ3n) is 1.84. The minimum Gasteiger partial charge on any atom is -0.311 e. The summed E-state index contributed by atoms with van der Waals surface area (Å²) in [4.78, 5) is 0. The maximum atomic E-state index is 12.7. The Balaban J connectivity index is 0.000000561. The zero-order valence-electron chi connectivity index (χ0n) is 8.16. The molecule has 0 spiro atoms. The van der Waals surface area contributed by atoms with E-state index >= 15 is 0 Å². The highest BCUT2D eigenvalue weighted by Gasteiger charge is 2.32. The van der Waals surface area contributed by atoms with E-state index in [1.54, 1.807) is 0 Å². The van der Waals surface area contributed by atoms with Crippen molar-refractivity contribution in [3.05, 3.63) is 0 Å². The van der Waals surface area contributed by atoms with Crippen LogP contribution in [0.4, 0.5) is 8.78 Å². The molecule has 0 bridgehead atoms. The molecule has 0 aromatic rings. The molecule has 0 aromatic carbocycles. The highest BCUT2D eigenvalue weighted by Crippen LogP contribution is 2.26. The highest BCUT2D eigenvalue weighted by molar-refractivity contribution is 4.76. The normalized spacial score (nSPS) is 28.2. The van der Waals surface area contributed by atoms with Crippen LogP contribution in [0.3, 0.4) is 0 Å². The minimum atomic E-state index is -2.48. The van der Waals surface area contributed by atoms with Crippen LogP contribution in [0.5, 0.6) is 0 Å². The van der Waals surface area contributed by atoms with Crippen molar-refractivity contribution in [3.63, 3.8) is 0 Å². The van der Waals surface area contributed by atoms with Gasteiger partial charge in [-0.15, -0.1) is 0 Å². The van der Waals surface area contributed by atoms with E-state index in [2.05, 4.69) is 5.32 Å². The first-order chi connectivity index (χ1) is 5.60. The number of halogens is 2. The Labute approximate surface area is 73.5 Å². The zero-order chi connectivity index (χ0) is 9.61. The van der Waals surface area contributed by atoms with Crippen molar-refractivity contribution in [3.8, 4) is 0 Å². The molecule has 74 valence electrons. The van der Waals surface area contributed by atoms with Gasteiger partial charge in [0.1, 0.15) is 0 Å². The molecule has 1 fully saturated rings. The van der Waals surface area contributed by atoms with E-state index in [4.69, 9.17) is 0 Å². The zero-order valence-corrected chi connectivity index (χ0v) is 8.16. The first kappa shape index (κ1) is 11.8. The van der Waals surface area contributed by atoms with Gasteiger partial charge in [-0.3, -0.25) is 0 Å².